The summed E-state index contributed by atoms with van der Waals surface area (Å²) < 4.78 is 0. The Bertz CT molecular complexity index is 607. The quantitative estimate of drug-likeness (QED) is 0.700. The third-order valence-corrected chi connectivity index (χ3v) is 5.73. The summed E-state index contributed by atoms with van der Waals surface area (Å²) in [4.78, 5) is 26.4. The van der Waals surface area contributed by atoms with Crippen molar-refractivity contribution in [2.75, 3.05) is 19.6 Å². The molecule has 2 unspecified atom stereocenters. The van der Waals surface area contributed by atoms with Crippen molar-refractivity contribution in [3.05, 3.63) is 35.4 Å². The first kappa shape index (κ1) is 21.7. The molecule has 1 saturated heterocycles. The second-order valence-corrected chi connectivity index (χ2v) is 7.76. The number of nitrogens with one attached hydrogen (secondary N) is 2. The topological polar surface area (TPSA) is 61.4 Å². The van der Waals surface area contributed by atoms with E-state index >= 15 is 0 Å². The smallest absolute Gasteiger partial charge is 0.223 e. The van der Waals surface area contributed by atoms with Crippen LogP contribution >= 0.6 is 12.4 Å². The van der Waals surface area contributed by atoms with E-state index in [4.69, 9.17) is 0 Å². The van der Waals surface area contributed by atoms with Crippen LogP contribution < -0.4 is 10.6 Å². The molecule has 2 heterocycles. The average molecular weight is 394 g/mol. The maximum atomic E-state index is 12.3. The number of carbonyl (C=O) groups is 2. The Balaban J connectivity index is 0.00000261. The van der Waals surface area contributed by atoms with Gasteiger partial charge in [-0.15, -0.1) is 12.4 Å². The van der Waals surface area contributed by atoms with Crippen LogP contribution in [0, 0.1) is 11.8 Å². The van der Waals surface area contributed by atoms with Crippen LogP contribution in [0.25, 0.3) is 0 Å². The Kier molecular flexibility index (Phi) is 8.58. The Morgan fingerprint density at radius 3 is 2.59 bits per heavy atom. The lowest BCUT2D eigenvalue weighted by Crippen LogP contribution is -2.36. The van der Waals surface area contributed by atoms with Crippen molar-refractivity contribution in [1.82, 2.24) is 15.5 Å². The van der Waals surface area contributed by atoms with E-state index in [0.29, 0.717) is 50.7 Å². The molecule has 2 atom stereocenters. The van der Waals surface area contributed by atoms with Crippen molar-refractivity contribution in [2.24, 2.45) is 11.8 Å². The van der Waals surface area contributed by atoms with E-state index in [0.717, 1.165) is 13.1 Å². The number of benzene rings is 1. The summed E-state index contributed by atoms with van der Waals surface area (Å²) in [7, 11) is 0. The Morgan fingerprint density at radius 2 is 1.96 bits per heavy atom. The molecule has 2 aliphatic rings. The van der Waals surface area contributed by atoms with Crippen molar-refractivity contribution >= 4 is 24.2 Å². The maximum absolute atomic E-state index is 12.3. The van der Waals surface area contributed by atoms with E-state index in [2.05, 4.69) is 29.7 Å². The molecule has 0 aromatic heterocycles. The van der Waals surface area contributed by atoms with Gasteiger partial charge in [0, 0.05) is 32.5 Å². The van der Waals surface area contributed by atoms with Gasteiger partial charge in [0.05, 0.1) is 0 Å². The molecule has 2 amide bonds. The third kappa shape index (κ3) is 6.22. The molecule has 3 rings (SSSR count). The largest absolute Gasteiger partial charge is 0.356 e. The summed E-state index contributed by atoms with van der Waals surface area (Å²) in [6.45, 7) is 6.32. The van der Waals surface area contributed by atoms with E-state index in [1.807, 2.05) is 17.0 Å². The van der Waals surface area contributed by atoms with Crippen LogP contribution in [0.2, 0.25) is 0 Å². The summed E-state index contributed by atoms with van der Waals surface area (Å²) in [5, 5.41) is 6.40. The summed E-state index contributed by atoms with van der Waals surface area (Å²) in [6.07, 6.45) is 4.21. The summed E-state index contributed by atoms with van der Waals surface area (Å²) in [5.41, 5.74) is 2.50. The predicted molar refractivity (Wildman–Crippen MR) is 110 cm³/mol. The van der Waals surface area contributed by atoms with Gasteiger partial charge >= 0.3 is 0 Å². The van der Waals surface area contributed by atoms with Gasteiger partial charge in [0.1, 0.15) is 0 Å². The molecule has 1 fully saturated rings. The molecule has 0 radical (unpaired) electrons. The van der Waals surface area contributed by atoms with Crippen LogP contribution in [0.15, 0.2) is 24.3 Å². The molecular formula is C21H32ClN3O2. The second kappa shape index (κ2) is 10.7. The normalized spacial score (nSPS) is 19.7. The number of nitrogens with zero attached hydrogens (tertiary/aromatic N) is 1. The van der Waals surface area contributed by atoms with Gasteiger partial charge in [-0.1, -0.05) is 31.2 Å². The van der Waals surface area contributed by atoms with Crippen LogP contribution in [-0.2, 0) is 22.7 Å². The number of halogens is 1. The van der Waals surface area contributed by atoms with E-state index in [9.17, 15) is 9.59 Å². The molecule has 2 N–H and O–H groups in total. The number of carbonyl (C=O) groups excluding carboxylic acids is 2. The fourth-order valence-electron chi connectivity index (χ4n) is 4.03. The van der Waals surface area contributed by atoms with Crippen molar-refractivity contribution < 1.29 is 9.59 Å². The third-order valence-electron chi connectivity index (χ3n) is 5.73. The molecule has 0 spiro atoms. The molecule has 6 heteroatoms. The Morgan fingerprint density at radius 1 is 1.26 bits per heavy atom. The molecule has 5 nitrogen and oxygen atoms in total. The maximum Gasteiger partial charge on any atom is 0.223 e. The summed E-state index contributed by atoms with van der Waals surface area (Å²) >= 11 is 0. The second-order valence-electron chi connectivity index (χ2n) is 7.76. The lowest BCUT2D eigenvalue weighted by Gasteiger charge is -2.28. The van der Waals surface area contributed by atoms with Gasteiger partial charge in [0.15, 0.2) is 0 Å². The molecule has 27 heavy (non-hydrogen) atoms. The number of amides is 2. The average Bonchev–Trinajstić information content (AvgIpc) is 3.10. The number of rotatable bonds is 7. The van der Waals surface area contributed by atoms with Crippen molar-refractivity contribution in [3.63, 3.8) is 0 Å². The van der Waals surface area contributed by atoms with Crippen molar-refractivity contribution in [1.29, 1.82) is 0 Å². The molecule has 2 aliphatic heterocycles. The number of piperidine rings is 1. The van der Waals surface area contributed by atoms with Gasteiger partial charge in [0.25, 0.3) is 0 Å². The highest BCUT2D eigenvalue weighted by Gasteiger charge is 2.23. The minimum absolute atomic E-state index is 0. The van der Waals surface area contributed by atoms with Gasteiger partial charge in [-0.25, -0.2) is 0 Å². The fourth-order valence-corrected chi connectivity index (χ4v) is 4.03. The molecule has 1 aromatic rings. The fraction of sp³-hybridized carbons (Fsp3) is 0.619. The van der Waals surface area contributed by atoms with E-state index in [1.165, 1.54) is 24.0 Å². The van der Waals surface area contributed by atoms with Gasteiger partial charge < -0.3 is 15.5 Å². The zero-order valence-corrected chi connectivity index (χ0v) is 17.0. The van der Waals surface area contributed by atoms with Crippen LogP contribution in [-0.4, -0.2) is 36.3 Å². The first-order chi connectivity index (χ1) is 12.6. The van der Waals surface area contributed by atoms with Crippen LogP contribution in [0.3, 0.4) is 0 Å². The highest BCUT2D eigenvalue weighted by atomic mass is 35.5. The van der Waals surface area contributed by atoms with Crippen LogP contribution in [0.1, 0.15) is 50.2 Å². The highest BCUT2D eigenvalue weighted by molar-refractivity contribution is 5.85. The molecule has 0 aliphatic carbocycles. The standard InChI is InChI=1S/C21H31N3O2.ClH/c1-16(17-8-4-10-22-13-17)12-20(25)23-11-5-9-21(26)24-14-18-6-2-3-7-19(18)15-24;/h2-3,6-7,16-17,22H,4-5,8-15H2,1H3,(H,23,25);1H. The van der Waals surface area contributed by atoms with Gasteiger partial charge in [-0.2, -0.15) is 0 Å². The number of fused-ring (bicyclic) bond motifs is 1. The lowest BCUT2D eigenvalue weighted by molar-refractivity contribution is -0.132. The predicted octanol–water partition coefficient (Wildman–Crippen LogP) is 2.87. The van der Waals surface area contributed by atoms with Crippen LogP contribution in [0.4, 0.5) is 0 Å². The highest BCUT2D eigenvalue weighted by Crippen LogP contribution is 2.23. The van der Waals surface area contributed by atoms with E-state index < -0.39 is 0 Å². The van der Waals surface area contributed by atoms with Gasteiger partial charge in [0.2, 0.25) is 11.8 Å². The Labute approximate surface area is 168 Å². The zero-order chi connectivity index (χ0) is 18.4. The molecule has 0 bridgehead atoms. The number of hydrogen-bond acceptors (Lipinski definition) is 3. The van der Waals surface area contributed by atoms with Crippen molar-refractivity contribution in [2.45, 2.75) is 52.1 Å². The van der Waals surface area contributed by atoms with Crippen LogP contribution in [0.5, 0.6) is 0 Å². The minimum Gasteiger partial charge on any atom is -0.356 e. The van der Waals surface area contributed by atoms with Gasteiger partial charge in [-0.05, 0) is 55.3 Å². The summed E-state index contributed by atoms with van der Waals surface area (Å²) in [6, 6.07) is 8.22. The SMILES string of the molecule is CC(CC(=O)NCCCC(=O)N1Cc2ccccc2C1)C1CCCNC1.Cl. The Hall–Kier alpha value is -1.59. The molecular weight excluding hydrogens is 362 g/mol. The zero-order valence-electron chi connectivity index (χ0n) is 16.2. The minimum atomic E-state index is 0. The van der Waals surface area contributed by atoms with E-state index in [1.54, 1.807) is 0 Å². The monoisotopic (exact) mass is 393 g/mol. The molecule has 150 valence electrons. The molecule has 1 aromatic carbocycles. The first-order valence-electron chi connectivity index (χ1n) is 9.95. The van der Waals surface area contributed by atoms with E-state index in [-0.39, 0.29) is 24.2 Å². The van der Waals surface area contributed by atoms with Crippen molar-refractivity contribution in [3.8, 4) is 0 Å². The first-order valence-corrected chi connectivity index (χ1v) is 9.95. The van der Waals surface area contributed by atoms with Gasteiger partial charge in [-0.3, -0.25) is 9.59 Å². The lowest BCUT2D eigenvalue weighted by atomic mass is 9.85. The molecule has 0 saturated carbocycles. The summed E-state index contributed by atoms with van der Waals surface area (Å²) in [5.74, 6) is 1.31. The number of hydrogen-bond donors (Lipinski definition) is 2.